The monoisotopic (exact) mass is 443 g/mol. The van der Waals surface area contributed by atoms with Gasteiger partial charge in [0.25, 0.3) is 11.8 Å². The molecular formula is C27H29N3O3. The van der Waals surface area contributed by atoms with E-state index in [2.05, 4.69) is 17.2 Å². The van der Waals surface area contributed by atoms with Gasteiger partial charge in [-0.2, -0.15) is 0 Å². The molecule has 3 aromatic rings. The highest BCUT2D eigenvalue weighted by molar-refractivity contribution is 6.06. The maximum Gasteiger partial charge on any atom is 0.270 e. The van der Waals surface area contributed by atoms with Crippen molar-refractivity contribution in [1.29, 1.82) is 0 Å². The SMILES string of the molecule is COc1ccc2[nH]cc(/C=C(\NC(=O)c3ccccc3)C(=O)N3C[C@]4(C)CCC[C@@H]3C4)c2c1. The van der Waals surface area contributed by atoms with E-state index in [0.717, 1.165) is 54.4 Å². The van der Waals surface area contributed by atoms with Crippen molar-refractivity contribution in [3.8, 4) is 5.75 Å². The van der Waals surface area contributed by atoms with Crippen molar-refractivity contribution in [3.05, 3.63) is 71.6 Å². The fourth-order valence-corrected chi connectivity index (χ4v) is 5.34. The number of rotatable bonds is 5. The Hall–Kier alpha value is -3.54. The van der Waals surface area contributed by atoms with Gasteiger partial charge in [-0.25, -0.2) is 0 Å². The number of aromatic amines is 1. The molecule has 170 valence electrons. The van der Waals surface area contributed by atoms with Crippen LogP contribution < -0.4 is 10.1 Å². The minimum Gasteiger partial charge on any atom is -0.497 e. The summed E-state index contributed by atoms with van der Waals surface area (Å²) in [6.07, 6.45) is 7.98. The zero-order chi connectivity index (χ0) is 23.0. The molecule has 33 heavy (non-hydrogen) atoms. The van der Waals surface area contributed by atoms with Crippen LogP contribution in [-0.4, -0.2) is 41.4 Å². The van der Waals surface area contributed by atoms with Crippen molar-refractivity contribution in [3.63, 3.8) is 0 Å². The van der Waals surface area contributed by atoms with E-state index in [1.54, 1.807) is 25.3 Å². The van der Waals surface area contributed by atoms with E-state index in [1.807, 2.05) is 47.5 Å². The van der Waals surface area contributed by atoms with E-state index in [4.69, 9.17) is 4.74 Å². The summed E-state index contributed by atoms with van der Waals surface area (Å²) in [6, 6.07) is 15.0. The second-order valence-corrected chi connectivity index (χ2v) is 9.53. The third-order valence-electron chi connectivity index (χ3n) is 7.04. The maximum absolute atomic E-state index is 13.8. The average molecular weight is 444 g/mol. The average Bonchev–Trinajstić information content (AvgIpc) is 3.34. The lowest BCUT2D eigenvalue weighted by Gasteiger charge is -2.27. The van der Waals surface area contributed by atoms with Crippen molar-refractivity contribution in [2.75, 3.05) is 13.7 Å². The Balaban J connectivity index is 1.53. The Morgan fingerprint density at radius 1 is 1.21 bits per heavy atom. The van der Waals surface area contributed by atoms with E-state index >= 15 is 0 Å². The van der Waals surface area contributed by atoms with Gasteiger partial charge in [-0.15, -0.1) is 0 Å². The lowest BCUT2D eigenvalue weighted by atomic mass is 9.78. The van der Waals surface area contributed by atoms with Gasteiger partial charge in [0.2, 0.25) is 0 Å². The molecule has 1 aliphatic heterocycles. The Kier molecular flexibility index (Phi) is 5.44. The number of nitrogens with one attached hydrogen (secondary N) is 2. The summed E-state index contributed by atoms with van der Waals surface area (Å²) in [5, 5.41) is 3.85. The molecule has 2 aliphatic rings. The first-order chi connectivity index (χ1) is 16.0. The molecule has 2 heterocycles. The van der Waals surface area contributed by atoms with Crippen LogP contribution in [0.15, 0.2) is 60.4 Å². The number of carbonyl (C=O) groups is 2. The van der Waals surface area contributed by atoms with Crippen molar-refractivity contribution in [1.82, 2.24) is 15.2 Å². The Bertz CT molecular complexity index is 1230. The molecule has 6 nitrogen and oxygen atoms in total. The highest BCUT2D eigenvalue weighted by atomic mass is 16.5. The van der Waals surface area contributed by atoms with Crippen LogP contribution in [0.5, 0.6) is 5.75 Å². The molecule has 1 aliphatic carbocycles. The van der Waals surface area contributed by atoms with E-state index in [0.29, 0.717) is 11.3 Å². The molecular weight excluding hydrogens is 414 g/mol. The summed E-state index contributed by atoms with van der Waals surface area (Å²) in [7, 11) is 1.63. The number of H-pyrrole nitrogens is 1. The number of hydrogen-bond acceptors (Lipinski definition) is 3. The van der Waals surface area contributed by atoms with Crippen LogP contribution in [0.1, 0.15) is 48.5 Å². The molecule has 0 radical (unpaired) electrons. The van der Waals surface area contributed by atoms with Crippen LogP contribution in [0.2, 0.25) is 0 Å². The van der Waals surface area contributed by atoms with Gasteiger partial charge in [0.1, 0.15) is 11.4 Å². The topological polar surface area (TPSA) is 74.4 Å². The Morgan fingerprint density at radius 3 is 2.79 bits per heavy atom. The molecule has 0 unspecified atom stereocenters. The number of nitrogens with zero attached hydrogens (tertiary/aromatic N) is 1. The van der Waals surface area contributed by atoms with E-state index < -0.39 is 0 Å². The minimum atomic E-state index is -0.291. The number of benzene rings is 2. The van der Waals surface area contributed by atoms with E-state index in [1.165, 1.54) is 0 Å². The molecule has 5 rings (SSSR count). The molecule has 2 fully saturated rings. The lowest BCUT2D eigenvalue weighted by molar-refractivity contribution is -0.128. The zero-order valence-electron chi connectivity index (χ0n) is 19.1. The molecule has 2 atom stereocenters. The fourth-order valence-electron chi connectivity index (χ4n) is 5.34. The van der Waals surface area contributed by atoms with Crippen molar-refractivity contribution < 1.29 is 14.3 Å². The Labute approximate surface area is 193 Å². The normalized spacial score (nSPS) is 22.4. The summed E-state index contributed by atoms with van der Waals surface area (Å²) in [6.45, 7) is 3.00. The van der Waals surface area contributed by atoms with Crippen LogP contribution in [0.4, 0.5) is 0 Å². The summed E-state index contributed by atoms with van der Waals surface area (Å²) in [4.78, 5) is 32.0. The molecule has 2 amide bonds. The predicted molar refractivity (Wildman–Crippen MR) is 129 cm³/mol. The molecule has 1 saturated carbocycles. The number of hydrogen-bond donors (Lipinski definition) is 2. The van der Waals surface area contributed by atoms with Crippen molar-refractivity contribution in [2.45, 2.75) is 38.6 Å². The molecule has 2 aromatic carbocycles. The third kappa shape index (κ3) is 4.13. The number of ether oxygens (including phenoxy) is 1. The number of likely N-dealkylation sites (tertiary alicyclic amines) is 1. The van der Waals surface area contributed by atoms with Crippen LogP contribution in [0.3, 0.4) is 0 Å². The van der Waals surface area contributed by atoms with E-state index in [-0.39, 0.29) is 23.3 Å². The zero-order valence-corrected chi connectivity index (χ0v) is 19.1. The first kappa shape index (κ1) is 21.3. The number of fused-ring (bicyclic) bond motifs is 3. The third-order valence-corrected chi connectivity index (χ3v) is 7.04. The largest absolute Gasteiger partial charge is 0.497 e. The van der Waals surface area contributed by atoms with Crippen LogP contribution in [0, 0.1) is 5.41 Å². The molecule has 6 heteroatoms. The van der Waals surface area contributed by atoms with Crippen molar-refractivity contribution >= 4 is 28.8 Å². The standard InChI is InChI=1S/C27H29N3O3/c1-27-12-6-9-20(15-27)30(17-27)26(32)24(29-25(31)18-7-4-3-5-8-18)13-19-16-28-23-11-10-21(33-2)14-22(19)23/h3-5,7-8,10-11,13-14,16,20,28H,6,9,12,15,17H2,1-2H3,(H,29,31)/b24-13-/t20-,27-/m1/s1. The first-order valence-corrected chi connectivity index (χ1v) is 11.5. The number of aromatic nitrogens is 1. The summed E-state index contributed by atoms with van der Waals surface area (Å²) >= 11 is 0. The first-order valence-electron chi connectivity index (χ1n) is 11.5. The number of amides is 2. The summed E-state index contributed by atoms with van der Waals surface area (Å²) in [5.74, 6) is 0.326. The molecule has 2 bridgehead atoms. The van der Waals surface area contributed by atoms with Gasteiger partial charge in [0.05, 0.1) is 7.11 Å². The molecule has 1 aromatic heterocycles. The maximum atomic E-state index is 13.8. The number of methoxy groups -OCH3 is 1. The van der Waals surface area contributed by atoms with Gasteiger partial charge in [-0.1, -0.05) is 31.5 Å². The van der Waals surface area contributed by atoms with Crippen LogP contribution in [0.25, 0.3) is 17.0 Å². The highest BCUT2D eigenvalue weighted by Crippen LogP contribution is 2.45. The summed E-state index contributed by atoms with van der Waals surface area (Å²) < 4.78 is 5.38. The number of carbonyl (C=O) groups excluding carboxylic acids is 2. The Morgan fingerprint density at radius 2 is 2.03 bits per heavy atom. The van der Waals surface area contributed by atoms with Gasteiger partial charge in [0, 0.05) is 40.8 Å². The van der Waals surface area contributed by atoms with Gasteiger partial charge in [-0.3, -0.25) is 9.59 Å². The van der Waals surface area contributed by atoms with Crippen LogP contribution in [-0.2, 0) is 4.79 Å². The van der Waals surface area contributed by atoms with Gasteiger partial charge < -0.3 is 19.9 Å². The van der Waals surface area contributed by atoms with Gasteiger partial charge in [0.15, 0.2) is 0 Å². The van der Waals surface area contributed by atoms with Crippen LogP contribution >= 0.6 is 0 Å². The summed E-state index contributed by atoms with van der Waals surface area (Å²) in [5.41, 5.74) is 2.75. The lowest BCUT2D eigenvalue weighted by Crippen LogP contribution is -2.41. The van der Waals surface area contributed by atoms with Gasteiger partial charge >= 0.3 is 0 Å². The molecule has 1 saturated heterocycles. The van der Waals surface area contributed by atoms with Gasteiger partial charge in [-0.05, 0) is 61.1 Å². The fraction of sp³-hybridized carbons (Fsp3) is 0.333. The second-order valence-electron chi connectivity index (χ2n) is 9.53. The van der Waals surface area contributed by atoms with E-state index in [9.17, 15) is 9.59 Å². The second kappa shape index (κ2) is 8.43. The smallest absolute Gasteiger partial charge is 0.270 e. The quantitative estimate of drug-likeness (QED) is 0.560. The van der Waals surface area contributed by atoms with Crippen molar-refractivity contribution in [2.24, 2.45) is 5.41 Å². The minimum absolute atomic E-state index is 0.118. The highest BCUT2D eigenvalue weighted by Gasteiger charge is 2.45. The molecule has 2 N–H and O–H groups in total. The molecule has 0 spiro atoms. The predicted octanol–water partition coefficient (Wildman–Crippen LogP) is 4.74.